The SMILES string of the molecule is CCOC(=O)C1=C(CN2CCOC(CC(C)C(=O)O)C2)NC(c2nccs2)=NC1c1ccc(F)cc1Br. The zero-order valence-electron chi connectivity index (χ0n) is 20.4. The first-order valence-electron chi connectivity index (χ1n) is 11.9. The van der Waals surface area contributed by atoms with E-state index in [1.807, 2.05) is 5.38 Å². The van der Waals surface area contributed by atoms with E-state index in [4.69, 9.17) is 14.5 Å². The molecule has 9 nitrogen and oxygen atoms in total. The lowest BCUT2D eigenvalue weighted by molar-refractivity contribution is -0.143. The molecule has 1 saturated heterocycles. The number of morpholine rings is 1. The molecule has 37 heavy (non-hydrogen) atoms. The average Bonchev–Trinajstić information content (AvgIpc) is 3.39. The second-order valence-electron chi connectivity index (χ2n) is 8.82. The van der Waals surface area contributed by atoms with Gasteiger partial charge in [0.15, 0.2) is 10.8 Å². The van der Waals surface area contributed by atoms with Crippen LogP contribution in [0.15, 0.2) is 50.5 Å². The Morgan fingerprint density at radius 1 is 1.43 bits per heavy atom. The van der Waals surface area contributed by atoms with Crippen LogP contribution in [0.2, 0.25) is 0 Å². The molecule has 3 heterocycles. The van der Waals surface area contributed by atoms with Crippen molar-refractivity contribution in [3.05, 3.63) is 61.9 Å². The molecule has 0 bridgehead atoms. The van der Waals surface area contributed by atoms with Gasteiger partial charge in [0.1, 0.15) is 11.9 Å². The number of carbonyl (C=O) groups excluding carboxylic acids is 1. The standard InChI is InChI=1S/C25H28BrFN4O5S/c1-3-35-25(34)20-19(13-31-7-8-36-16(12-31)10-14(2)24(32)33)29-22(23-28-6-9-37-23)30-21(20)17-5-4-15(27)11-18(17)26/h4-6,9,11,14,16,21H,3,7-8,10,12-13H2,1-2H3,(H,29,30)(H,32,33). The van der Waals surface area contributed by atoms with Crippen molar-refractivity contribution in [2.24, 2.45) is 10.9 Å². The predicted molar refractivity (Wildman–Crippen MR) is 140 cm³/mol. The number of aliphatic imine (C=N–C) groups is 1. The van der Waals surface area contributed by atoms with Gasteiger partial charge in [-0.1, -0.05) is 28.9 Å². The van der Waals surface area contributed by atoms with Gasteiger partial charge in [0, 0.05) is 41.4 Å². The fourth-order valence-electron chi connectivity index (χ4n) is 4.35. The van der Waals surface area contributed by atoms with Crippen LogP contribution in [-0.4, -0.2) is 71.7 Å². The minimum absolute atomic E-state index is 0.183. The van der Waals surface area contributed by atoms with Gasteiger partial charge >= 0.3 is 11.9 Å². The third-order valence-electron chi connectivity index (χ3n) is 6.16. The van der Waals surface area contributed by atoms with E-state index in [0.29, 0.717) is 64.8 Å². The van der Waals surface area contributed by atoms with Crippen LogP contribution in [-0.2, 0) is 19.1 Å². The summed E-state index contributed by atoms with van der Waals surface area (Å²) in [7, 11) is 0. The molecule has 0 aliphatic carbocycles. The Bertz CT molecular complexity index is 1210. The molecule has 1 aromatic carbocycles. The number of nitrogens with zero attached hydrogens (tertiary/aromatic N) is 3. The second kappa shape index (κ2) is 12.2. The topological polar surface area (TPSA) is 113 Å². The van der Waals surface area contributed by atoms with Gasteiger partial charge in [-0.05, 0) is 31.0 Å². The number of thiazole rings is 1. The number of amidine groups is 1. The number of carboxylic acids is 1. The van der Waals surface area contributed by atoms with Crippen LogP contribution in [0.1, 0.15) is 36.9 Å². The molecule has 2 N–H and O–H groups in total. The molecule has 12 heteroatoms. The minimum atomic E-state index is -0.862. The highest BCUT2D eigenvalue weighted by Gasteiger charge is 2.35. The summed E-state index contributed by atoms with van der Waals surface area (Å²) in [6.45, 7) is 5.49. The molecule has 3 unspecified atom stereocenters. The van der Waals surface area contributed by atoms with Crippen LogP contribution in [0.25, 0.3) is 0 Å². The van der Waals surface area contributed by atoms with Gasteiger partial charge in [-0.3, -0.25) is 14.7 Å². The molecule has 0 spiro atoms. The maximum atomic E-state index is 13.9. The summed E-state index contributed by atoms with van der Waals surface area (Å²) in [5, 5.41) is 15.1. The molecule has 198 valence electrons. The van der Waals surface area contributed by atoms with Gasteiger partial charge in [0.25, 0.3) is 0 Å². The van der Waals surface area contributed by atoms with Gasteiger partial charge in [0.05, 0.1) is 30.8 Å². The van der Waals surface area contributed by atoms with Gasteiger partial charge in [-0.15, -0.1) is 11.3 Å². The fraction of sp³-hybridized carbons (Fsp3) is 0.440. The molecular formula is C25H28BrFN4O5S. The number of aromatic nitrogens is 1. The zero-order valence-corrected chi connectivity index (χ0v) is 22.8. The number of hydrogen-bond acceptors (Lipinski definition) is 9. The molecular weight excluding hydrogens is 567 g/mol. The maximum absolute atomic E-state index is 13.9. The van der Waals surface area contributed by atoms with E-state index < -0.39 is 29.7 Å². The van der Waals surface area contributed by atoms with Crippen molar-refractivity contribution >= 4 is 45.0 Å². The molecule has 4 rings (SSSR count). The zero-order chi connectivity index (χ0) is 26.5. The van der Waals surface area contributed by atoms with Crippen molar-refractivity contribution in [1.29, 1.82) is 0 Å². The van der Waals surface area contributed by atoms with Crippen LogP contribution in [0, 0.1) is 11.7 Å². The van der Waals surface area contributed by atoms with E-state index >= 15 is 0 Å². The first-order chi connectivity index (χ1) is 17.8. The van der Waals surface area contributed by atoms with Crippen molar-refractivity contribution in [3.8, 4) is 0 Å². The summed E-state index contributed by atoms with van der Waals surface area (Å²) in [5.74, 6) is -1.82. The Labute approximate surface area is 226 Å². The number of halogens is 2. The number of nitrogens with one attached hydrogen (secondary N) is 1. The van der Waals surface area contributed by atoms with Crippen molar-refractivity contribution in [2.45, 2.75) is 32.4 Å². The Morgan fingerprint density at radius 3 is 2.92 bits per heavy atom. The molecule has 1 fully saturated rings. The molecule has 0 radical (unpaired) electrons. The summed E-state index contributed by atoms with van der Waals surface area (Å²) < 4.78 is 25.6. The van der Waals surface area contributed by atoms with Crippen LogP contribution < -0.4 is 5.32 Å². The summed E-state index contributed by atoms with van der Waals surface area (Å²) >= 11 is 4.84. The highest BCUT2D eigenvalue weighted by atomic mass is 79.9. The number of benzene rings is 1. The maximum Gasteiger partial charge on any atom is 0.338 e. The van der Waals surface area contributed by atoms with Crippen molar-refractivity contribution < 1.29 is 28.6 Å². The van der Waals surface area contributed by atoms with Gasteiger partial charge in [0.2, 0.25) is 0 Å². The summed E-state index contributed by atoms with van der Waals surface area (Å²) in [5.41, 5.74) is 1.55. The number of esters is 1. The smallest absolute Gasteiger partial charge is 0.338 e. The second-order valence-corrected chi connectivity index (χ2v) is 10.6. The van der Waals surface area contributed by atoms with Gasteiger partial charge < -0.3 is 19.9 Å². The highest BCUT2D eigenvalue weighted by Crippen LogP contribution is 2.37. The largest absolute Gasteiger partial charge is 0.481 e. The summed E-state index contributed by atoms with van der Waals surface area (Å²) in [6.07, 6.45) is 1.82. The van der Waals surface area contributed by atoms with Crippen molar-refractivity contribution in [3.63, 3.8) is 0 Å². The predicted octanol–water partition coefficient (Wildman–Crippen LogP) is 3.76. The minimum Gasteiger partial charge on any atom is -0.481 e. The van der Waals surface area contributed by atoms with E-state index in [2.05, 4.69) is 31.1 Å². The van der Waals surface area contributed by atoms with Crippen LogP contribution in [0.5, 0.6) is 0 Å². The first-order valence-corrected chi connectivity index (χ1v) is 13.6. The molecule has 3 atom stereocenters. The Kier molecular flexibility index (Phi) is 9.06. The molecule has 2 aliphatic heterocycles. The molecule has 0 amide bonds. The number of carbonyl (C=O) groups is 2. The van der Waals surface area contributed by atoms with E-state index in [9.17, 15) is 19.1 Å². The highest BCUT2D eigenvalue weighted by molar-refractivity contribution is 9.10. The monoisotopic (exact) mass is 594 g/mol. The van der Waals surface area contributed by atoms with Gasteiger partial charge in [-0.25, -0.2) is 14.2 Å². The average molecular weight is 595 g/mol. The van der Waals surface area contributed by atoms with Crippen LogP contribution >= 0.6 is 27.3 Å². The van der Waals surface area contributed by atoms with E-state index in [0.717, 1.165) is 0 Å². The molecule has 0 saturated carbocycles. The number of ether oxygens (including phenoxy) is 2. The van der Waals surface area contributed by atoms with Gasteiger partial charge in [-0.2, -0.15) is 0 Å². The van der Waals surface area contributed by atoms with E-state index in [1.54, 1.807) is 26.1 Å². The number of hydrogen-bond donors (Lipinski definition) is 2. The molecule has 1 aromatic heterocycles. The third-order valence-corrected chi connectivity index (χ3v) is 7.62. The number of aliphatic carboxylic acids is 1. The number of carboxylic acid groups (broad SMARTS) is 1. The normalized spacial score (nSPS) is 21.2. The lowest BCUT2D eigenvalue weighted by atomic mass is 9.95. The Morgan fingerprint density at radius 2 is 2.24 bits per heavy atom. The number of rotatable bonds is 9. The van der Waals surface area contributed by atoms with E-state index in [1.165, 1.54) is 23.5 Å². The first kappa shape index (κ1) is 27.4. The Balaban J connectivity index is 1.71. The van der Waals surface area contributed by atoms with Crippen LogP contribution in [0.3, 0.4) is 0 Å². The van der Waals surface area contributed by atoms with Crippen molar-refractivity contribution in [1.82, 2.24) is 15.2 Å². The summed E-state index contributed by atoms with van der Waals surface area (Å²) in [6, 6.07) is 3.52. The van der Waals surface area contributed by atoms with Crippen molar-refractivity contribution in [2.75, 3.05) is 32.8 Å². The quantitative estimate of drug-likeness (QED) is 0.422. The lowest BCUT2D eigenvalue weighted by Crippen LogP contribution is -2.47. The van der Waals surface area contributed by atoms with E-state index in [-0.39, 0.29) is 12.7 Å². The van der Waals surface area contributed by atoms with Crippen LogP contribution in [0.4, 0.5) is 4.39 Å². The molecule has 2 aliphatic rings. The third kappa shape index (κ3) is 6.61. The fourth-order valence-corrected chi connectivity index (χ4v) is 5.51. The Hall–Kier alpha value is -2.67. The molecule has 2 aromatic rings. The lowest BCUT2D eigenvalue weighted by Gasteiger charge is -2.36. The summed E-state index contributed by atoms with van der Waals surface area (Å²) in [4.78, 5) is 35.9.